The molecule has 0 bridgehead atoms. The molecule has 1 amide bonds. The molecule has 0 heterocycles. The Labute approximate surface area is 104 Å². The minimum absolute atomic E-state index is 0.0315. The minimum atomic E-state index is -0.195. The number of hydrogen-bond donors (Lipinski definition) is 1. The van der Waals surface area contributed by atoms with Crippen molar-refractivity contribution >= 4 is 40.7 Å². The molecule has 0 radical (unpaired) electrons. The van der Waals surface area contributed by atoms with Gasteiger partial charge in [0.15, 0.2) is 0 Å². The Morgan fingerprint density at radius 1 is 1.27 bits per heavy atom. The van der Waals surface area contributed by atoms with Gasteiger partial charge in [-0.15, -0.1) is 11.6 Å². The first-order valence-electron chi connectivity index (χ1n) is 4.40. The minimum Gasteiger partial charge on any atom is -0.355 e. The van der Waals surface area contributed by atoms with Crippen LogP contribution in [-0.2, 0) is 11.2 Å². The van der Waals surface area contributed by atoms with Gasteiger partial charge in [-0.25, -0.2) is 0 Å². The highest BCUT2D eigenvalue weighted by Crippen LogP contribution is 2.24. The van der Waals surface area contributed by atoms with Crippen molar-refractivity contribution in [2.24, 2.45) is 0 Å². The van der Waals surface area contributed by atoms with Gasteiger partial charge in [-0.1, -0.05) is 29.3 Å². The molecule has 0 saturated carbocycles. The predicted octanol–water partition coefficient (Wildman–Crippen LogP) is 2.89. The van der Waals surface area contributed by atoms with E-state index in [1.807, 2.05) is 0 Å². The summed E-state index contributed by atoms with van der Waals surface area (Å²) in [5.74, 6) is -0.226. The van der Waals surface area contributed by atoms with Crippen molar-refractivity contribution in [1.82, 2.24) is 5.32 Å². The summed E-state index contributed by atoms with van der Waals surface area (Å²) in [5, 5.41) is 3.87. The highest BCUT2D eigenvalue weighted by atomic mass is 35.5. The number of amides is 1. The van der Waals surface area contributed by atoms with E-state index in [-0.39, 0.29) is 11.8 Å². The Hall–Kier alpha value is -0.440. The second-order valence-corrected chi connectivity index (χ2v) is 4.02. The van der Waals surface area contributed by atoms with Crippen LogP contribution >= 0.6 is 34.8 Å². The van der Waals surface area contributed by atoms with Crippen LogP contribution in [0, 0.1) is 0 Å². The smallest absolute Gasteiger partial charge is 0.234 e. The van der Waals surface area contributed by atoms with Crippen LogP contribution in [0.3, 0.4) is 0 Å². The molecule has 1 rings (SSSR count). The lowest BCUT2D eigenvalue weighted by Crippen LogP contribution is -2.26. The molecule has 0 saturated heterocycles. The van der Waals surface area contributed by atoms with Crippen molar-refractivity contribution in [3.63, 3.8) is 0 Å². The lowest BCUT2D eigenvalue weighted by molar-refractivity contribution is -0.118. The fourth-order valence-electron chi connectivity index (χ4n) is 1.15. The van der Waals surface area contributed by atoms with Crippen molar-refractivity contribution in [3.05, 3.63) is 33.8 Å². The molecular weight excluding hydrogens is 256 g/mol. The molecule has 1 N–H and O–H groups in total. The van der Waals surface area contributed by atoms with Gasteiger partial charge < -0.3 is 5.32 Å². The van der Waals surface area contributed by atoms with Crippen LogP contribution in [0.2, 0.25) is 10.0 Å². The zero-order valence-corrected chi connectivity index (χ0v) is 10.2. The zero-order valence-electron chi connectivity index (χ0n) is 7.90. The Bertz CT molecular complexity index is 334. The molecule has 0 aromatic heterocycles. The molecule has 0 aliphatic rings. The number of carbonyl (C=O) groups excluding carboxylic acids is 1. The van der Waals surface area contributed by atoms with Gasteiger partial charge in [0.2, 0.25) is 5.91 Å². The van der Waals surface area contributed by atoms with Gasteiger partial charge in [0.25, 0.3) is 0 Å². The van der Waals surface area contributed by atoms with Crippen LogP contribution in [0.5, 0.6) is 0 Å². The number of nitrogens with one attached hydrogen (secondary N) is 1. The molecule has 0 unspecified atom stereocenters. The summed E-state index contributed by atoms with van der Waals surface area (Å²) in [6, 6.07) is 5.32. The third kappa shape index (κ3) is 3.90. The van der Waals surface area contributed by atoms with Gasteiger partial charge in [-0.3, -0.25) is 4.79 Å². The standard InChI is InChI=1S/C10H10Cl3NO/c11-6-10(15)14-5-4-7-8(12)2-1-3-9(7)13/h1-3H,4-6H2,(H,14,15). The summed E-state index contributed by atoms with van der Waals surface area (Å²) >= 11 is 17.2. The Balaban J connectivity index is 2.54. The lowest BCUT2D eigenvalue weighted by atomic mass is 10.1. The largest absolute Gasteiger partial charge is 0.355 e. The lowest BCUT2D eigenvalue weighted by Gasteiger charge is -2.07. The predicted molar refractivity (Wildman–Crippen MR) is 63.9 cm³/mol. The van der Waals surface area contributed by atoms with E-state index in [0.717, 1.165) is 5.56 Å². The number of hydrogen-bond acceptors (Lipinski definition) is 1. The fraction of sp³-hybridized carbons (Fsp3) is 0.300. The van der Waals surface area contributed by atoms with Crippen molar-refractivity contribution in [2.45, 2.75) is 6.42 Å². The molecule has 0 aliphatic carbocycles. The Morgan fingerprint density at radius 2 is 1.87 bits per heavy atom. The van der Waals surface area contributed by atoms with E-state index in [1.165, 1.54) is 0 Å². The number of benzene rings is 1. The number of rotatable bonds is 4. The Morgan fingerprint density at radius 3 is 2.40 bits per heavy atom. The van der Waals surface area contributed by atoms with Crippen molar-refractivity contribution in [3.8, 4) is 0 Å². The van der Waals surface area contributed by atoms with Crippen molar-refractivity contribution in [1.29, 1.82) is 0 Å². The quantitative estimate of drug-likeness (QED) is 0.834. The second kappa shape index (κ2) is 6.21. The van der Waals surface area contributed by atoms with Gasteiger partial charge in [-0.05, 0) is 24.1 Å². The van der Waals surface area contributed by atoms with Gasteiger partial charge in [0.05, 0.1) is 0 Å². The van der Waals surface area contributed by atoms with E-state index < -0.39 is 0 Å². The number of halogens is 3. The average molecular weight is 267 g/mol. The summed E-state index contributed by atoms with van der Waals surface area (Å²) in [4.78, 5) is 10.9. The Kier molecular flexibility index (Phi) is 5.23. The normalized spacial score (nSPS) is 10.1. The third-order valence-corrected chi connectivity index (χ3v) is 2.83. The maximum atomic E-state index is 10.9. The highest BCUT2D eigenvalue weighted by molar-refractivity contribution is 6.36. The molecule has 0 atom stereocenters. The molecule has 2 nitrogen and oxygen atoms in total. The summed E-state index contributed by atoms with van der Waals surface area (Å²) in [5.41, 5.74) is 0.843. The van der Waals surface area contributed by atoms with Crippen molar-refractivity contribution < 1.29 is 4.79 Å². The number of alkyl halides is 1. The van der Waals surface area contributed by atoms with Crippen LogP contribution in [0.4, 0.5) is 0 Å². The van der Waals surface area contributed by atoms with Crippen LogP contribution in [0.1, 0.15) is 5.56 Å². The summed E-state index contributed by atoms with van der Waals surface area (Å²) in [6.45, 7) is 0.481. The fourth-order valence-corrected chi connectivity index (χ4v) is 1.83. The van der Waals surface area contributed by atoms with E-state index in [4.69, 9.17) is 34.8 Å². The molecule has 0 fully saturated rings. The molecule has 1 aromatic carbocycles. The van der Waals surface area contributed by atoms with Gasteiger partial charge in [-0.2, -0.15) is 0 Å². The van der Waals surface area contributed by atoms with Crippen LogP contribution in [-0.4, -0.2) is 18.3 Å². The molecular formula is C10H10Cl3NO. The number of carbonyl (C=O) groups is 1. The summed E-state index contributed by atoms with van der Waals surface area (Å²) in [7, 11) is 0. The van der Waals surface area contributed by atoms with E-state index in [2.05, 4.69) is 5.32 Å². The first-order valence-corrected chi connectivity index (χ1v) is 5.69. The molecule has 0 spiro atoms. The van der Waals surface area contributed by atoms with E-state index >= 15 is 0 Å². The zero-order chi connectivity index (χ0) is 11.3. The van der Waals surface area contributed by atoms with Crippen LogP contribution in [0.15, 0.2) is 18.2 Å². The van der Waals surface area contributed by atoms with Crippen molar-refractivity contribution in [2.75, 3.05) is 12.4 Å². The molecule has 15 heavy (non-hydrogen) atoms. The highest BCUT2D eigenvalue weighted by Gasteiger charge is 2.05. The maximum Gasteiger partial charge on any atom is 0.234 e. The first-order chi connectivity index (χ1) is 7.15. The van der Waals surface area contributed by atoms with Crippen LogP contribution < -0.4 is 5.32 Å². The molecule has 0 aliphatic heterocycles. The van der Waals surface area contributed by atoms with E-state index in [0.29, 0.717) is 23.0 Å². The molecule has 5 heteroatoms. The SMILES string of the molecule is O=C(CCl)NCCc1c(Cl)cccc1Cl. The van der Waals surface area contributed by atoms with Gasteiger partial charge in [0.1, 0.15) is 5.88 Å². The van der Waals surface area contributed by atoms with E-state index in [9.17, 15) is 4.79 Å². The molecule has 1 aromatic rings. The summed E-state index contributed by atoms with van der Waals surface area (Å²) < 4.78 is 0. The third-order valence-electron chi connectivity index (χ3n) is 1.88. The second-order valence-electron chi connectivity index (χ2n) is 2.93. The topological polar surface area (TPSA) is 29.1 Å². The summed E-state index contributed by atoms with van der Waals surface area (Å²) in [6.07, 6.45) is 0.598. The van der Waals surface area contributed by atoms with Gasteiger partial charge in [0, 0.05) is 16.6 Å². The van der Waals surface area contributed by atoms with E-state index in [1.54, 1.807) is 18.2 Å². The molecule has 82 valence electrons. The van der Waals surface area contributed by atoms with Crippen LogP contribution in [0.25, 0.3) is 0 Å². The first kappa shape index (κ1) is 12.6. The average Bonchev–Trinajstić information content (AvgIpc) is 2.22. The monoisotopic (exact) mass is 265 g/mol. The maximum absolute atomic E-state index is 10.9. The van der Waals surface area contributed by atoms with Gasteiger partial charge >= 0.3 is 0 Å².